The lowest BCUT2D eigenvalue weighted by atomic mass is 10.8. The fourth-order valence-corrected chi connectivity index (χ4v) is 1.08. The molecule has 0 aromatic carbocycles. The second kappa shape index (κ2) is 4.18. The third-order valence-corrected chi connectivity index (χ3v) is 1.73. The molecule has 0 atom stereocenters. The van der Waals surface area contributed by atoms with Crippen LogP contribution in [0.3, 0.4) is 0 Å². The molecule has 0 saturated carbocycles. The second-order valence-electron chi connectivity index (χ2n) is 1.66. The summed E-state index contributed by atoms with van der Waals surface area (Å²) >= 11 is 1.96. The number of nitrogens with one attached hydrogen (secondary N) is 1. The molecule has 0 aromatic rings. The van der Waals surface area contributed by atoms with E-state index in [0.717, 1.165) is 13.2 Å². The van der Waals surface area contributed by atoms with E-state index in [9.17, 15) is 0 Å². The van der Waals surface area contributed by atoms with Gasteiger partial charge in [0.1, 0.15) is 0 Å². The normalized spacial score (nSPS) is 24.0. The van der Waals surface area contributed by atoms with Gasteiger partial charge in [-0.05, 0) is 0 Å². The maximum absolute atomic E-state index is 4.50. The zero-order valence-corrected chi connectivity index (χ0v) is 5.67. The van der Waals surface area contributed by atoms with Crippen molar-refractivity contribution in [1.82, 2.24) is 5.32 Å². The average molecular weight is 133 g/mol. The fraction of sp³-hybridized carbons (Fsp3) is 1.00. The minimum atomic E-state index is 1.00. The van der Waals surface area contributed by atoms with Crippen molar-refractivity contribution in [2.75, 3.05) is 31.4 Å². The summed E-state index contributed by atoms with van der Waals surface area (Å²) in [6.07, 6.45) is 0. The van der Waals surface area contributed by atoms with Gasteiger partial charge in [0, 0.05) is 18.2 Å². The van der Waals surface area contributed by atoms with Crippen LogP contribution < -0.4 is 5.32 Å². The molecule has 0 unspecified atom stereocenters. The third kappa shape index (κ3) is 4.43. The number of rotatable bonds is 0. The van der Waals surface area contributed by atoms with Gasteiger partial charge in [-0.15, -0.1) is 11.8 Å². The first-order valence-electron chi connectivity index (χ1n) is 2.86. The van der Waals surface area contributed by atoms with E-state index in [1.165, 1.54) is 18.2 Å². The van der Waals surface area contributed by atoms with Crippen LogP contribution in [0.2, 0.25) is 0 Å². The molecule has 2 heterocycles. The van der Waals surface area contributed by atoms with Gasteiger partial charge in [-0.2, -0.15) is 0 Å². The highest BCUT2D eigenvalue weighted by Crippen LogP contribution is 1.99. The summed E-state index contributed by atoms with van der Waals surface area (Å²) in [5.74, 6) is 2.47. The molecule has 3 heteroatoms. The molecule has 2 rings (SSSR count). The van der Waals surface area contributed by atoms with Gasteiger partial charge in [0.25, 0.3) is 0 Å². The van der Waals surface area contributed by atoms with Crippen LogP contribution in [0.15, 0.2) is 0 Å². The van der Waals surface area contributed by atoms with Gasteiger partial charge in [0.15, 0.2) is 0 Å². The minimum Gasteiger partial charge on any atom is -0.377 e. The van der Waals surface area contributed by atoms with Crippen LogP contribution in [0.25, 0.3) is 0 Å². The molecule has 0 aromatic heterocycles. The van der Waals surface area contributed by atoms with E-state index in [0.29, 0.717) is 0 Å². The largest absolute Gasteiger partial charge is 0.377 e. The summed E-state index contributed by atoms with van der Waals surface area (Å²) in [6.45, 7) is 3.21. The van der Waals surface area contributed by atoms with Crippen molar-refractivity contribution < 1.29 is 4.74 Å². The van der Waals surface area contributed by atoms with Gasteiger partial charge in [0.05, 0.1) is 13.2 Å². The van der Waals surface area contributed by atoms with Crippen LogP contribution in [-0.4, -0.2) is 31.4 Å². The lowest BCUT2D eigenvalue weighted by molar-refractivity contribution is 0.475. The predicted octanol–water partition coefficient (Wildman–Crippen LogP) is 0.297. The molecule has 1 N–H and O–H groups in total. The van der Waals surface area contributed by atoms with E-state index in [2.05, 4.69) is 10.1 Å². The van der Waals surface area contributed by atoms with Crippen LogP contribution in [0.4, 0.5) is 0 Å². The van der Waals surface area contributed by atoms with E-state index in [1.807, 2.05) is 11.8 Å². The monoisotopic (exact) mass is 133 g/mol. The van der Waals surface area contributed by atoms with E-state index in [-0.39, 0.29) is 0 Å². The van der Waals surface area contributed by atoms with Crippen LogP contribution in [0.1, 0.15) is 0 Å². The highest BCUT2D eigenvalue weighted by molar-refractivity contribution is 7.99. The van der Waals surface area contributed by atoms with Crippen molar-refractivity contribution in [3.8, 4) is 0 Å². The Balaban J connectivity index is 0.0000000907. The maximum Gasteiger partial charge on any atom is 0.0701 e. The molecule has 2 aliphatic heterocycles. The lowest BCUT2D eigenvalue weighted by Gasteiger charge is -1.74. The zero-order chi connectivity index (χ0) is 5.66. The van der Waals surface area contributed by atoms with Crippen molar-refractivity contribution in [2.45, 2.75) is 0 Å². The Bertz CT molecular complexity index is 44.0. The molecule has 0 amide bonds. The molecule has 8 heavy (non-hydrogen) atoms. The van der Waals surface area contributed by atoms with Crippen molar-refractivity contribution >= 4 is 11.8 Å². The summed E-state index contributed by atoms with van der Waals surface area (Å²) in [4.78, 5) is 0. The highest BCUT2D eigenvalue weighted by Gasteiger charge is 1.94. The highest BCUT2D eigenvalue weighted by atomic mass is 32.2. The predicted molar refractivity (Wildman–Crippen MR) is 36.1 cm³/mol. The molecule has 0 spiro atoms. The summed E-state index contributed by atoms with van der Waals surface area (Å²) < 4.78 is 4.50. The molecule has 2 fully saturated rings. The Morgan fingerprint density at radius 3 is 2.25 bits per heavy atom. The van der Waals surface area contributed by atoms with Crippen LogP contribution in [0, 0.1) is 0 Å². The Morgan fingerprint density at radius 1 is 1.38 bits per heavy atom. The lowest BCUT2D eigenvalue weighted by Crippen LogP contribution is -2.04. The average Bonchev–Trinajstić information content (AvgIpc) is 2.55. The first kappa shape index (κ1) is 6.39. The van der Waals surface area contributed by atoms with Crippen molar-refractivity contribution in [2.24, 2.45) is 0 Å². The number of ether oxygens (including phenoxy) is 1. The van der Waals surface area contributed by atoms with Crippen LogP contribution in [-0.2, 0) is 4.74 Å². The Hall–Kier alpha value is 0.270. The molecule has 0 aliphatic carbocycles. The molecule has 2 saturated heterocycles. The van der Waals surface area contributed by atoms with E-state index in [4.69, 9.17) is 0 Å². The molecule has 2 aliphatic rings. The van der Waals surface area contributed by atoms with Crippen LogP contribution in [0.5, 0.6) is 0 Å². The van der Waals surface area contributed by atoms with E-state index >= 15 is 0 Å². The number of hydrogen-bond acceptors (Lipinski definition) is 3. The number of epoxide rings is 1. The van der Waals surface area contributed by atoms with Crippen molar-refractivity contribution in [3.63, 3.8) is 0 Å². The SMILES string of the molecule is C1CO1.C1CSCN1. The van der Waals surface area contributed by atoms with E-state index < -0.39 is 0 Å². The Labute approximate surface area is 54.0 Å². The smallest absolute Gasteiger partial charge is 0.0701 e. The molecule has 2 nitrogen and oxygen atoms in total. The van der Waals surface area contributed by atoms with Gasteiger partial charge in [0.2, 0.25) is 0 Å². The van der Waals surface area contributed by atoms with Crippen molar-refractivity contribution in [3.05, 3.63) is 0 Å². The molecule has 0 radical (unpaired) electrons. The number of thioether (sulfide) groups is 1. The Kier molecular flexibility index (Phi) is 3.34. The summed E-state index contributed by atoms with van der Waals surface area (Å²) in [7, 11) is 0. The summed E-state index contributed by atoms with van der Waals surface area (Å²) in [6, 6.07) is 0. The topological polar surface area (TPSA) is 24.6 Å². The van der Waals surface area contributed by atoms with Gasteiger partial charge in [-0.3, -0.25) is 0 Å². The van der Waals surface area contributed by atoms with Gasteiger partial charge < -0.3 is 10.1 Å². The van der Waals surface area contributed by atoms with Gasteiger partial charge >= 0.3 is 0 Å². The van der Waals surface area contributed by atoms with Crippen LogP contribution >= 0.6 is 11.8 Å². The zero-order valence-electron chi connectivity index (χ0n) is 4.85. The molecular formula is C5H11NOS. The standard InChI is InChI=1S/C3H7NS.C2H4O/c1-2-5-3-4-1;1-2-3-1/h4H,1-3H2;1-2H2. The Morgan fingerprint density at radius 2 is 2.12 bits per heavy atom. The second-order valence-corrected chi connectivity index (χ2v) is 2.77. The first-order chi connectivity index (χ1) is 4.00. The minimum absolute atomic E-state index is 1.00. The third-order valence-electron chi connectivity index (χ3n) is 0.831. The maximum atomic E-state index is 4.50. The summed E-state index contributed by atoms with van der Waals surface area (Å²) in [5.41, 5.74) is 0. The first-order valence-corrected chi connectivity index (χ1v) is 4.02. The quantitative estimate of drug-likeness (QED) is 0.481. The molecular weight excluding hydrogens is 122 g/mol. The molecule has 48 valence electrons. The van der Waals surface area contributed by atoms with Gasteiger partial charge in [-0.1, -0.05) is 0 Å². The fourth-order valence-electron chi connectivity index (χ4n) is 0.361. The van der Waals surface area contributed by atoms with Crippen molar-refractivity contribution in [1.29, 1.82) is 0 Å². The summed E-state index contributed by atoms with van der Waals surface area (Å²) in [5, 5.41) is 3.19. The van der Waals surface area contributed by atoms with E-state index in [1.54, 1.807) is 0 Å². The number of hydrogen-bond donors (Lipinski definition) is 1. The molecule has 0 bridgehead atoms. The van der Waals surface area contributed by atoms with Gasteiger partial charge in [-0.25, -0.2) is 0 Å².